The molecule has 0 amide bonds. The molecule has 0 saturated heterocycles. The van der Waals surface area contributed by atoms with Gasteiger partial charge in [-0.05, 0) is 31.0 Å². The molecule has 1 heterocycles. The lowest BCUT2D eigenvalue weighted by Crippen LogP contribution is -2.04. The summed E-state index contributed by atoms with van der Waals surface area (Å²) in [5.74, 6) is 0.783. The minimum atomic E-state index is -0.355. The van der Waals surface area contributed by atoms with Crippen LogP contribution < -0.4 is 4.74 Å². The number of benzene rings is 1. The van der Waals surface area contributed by atoms with Gasteiger partial charge in [0.1, 0.15) is 17.1 Å². The highest BCUT2D eigenvalue weighted by atomic mass is 16.6. The number of hydrogen-bond acceptors (Lipinski definition) is 4. The molecule has 106 valence electrons. The van der Waals surface area contributed by atoms with Crippen LogP contribution in [0.2, 0.25) is 0 Å². The van der Waals surface area contributed by atoms with Crippen molar-refractivity contribution in [3.63, 3.8) is 0 Å². The molecule has 1 aromatic heterocycles. The molecule has 0 aliphatic rings. The van der Waals surface area contributed by atoms with Gasteiger partial charge >= 0.3 is 5.69 Å². The van der Waals surface area contributed by atoms with Crippen LogP contribution in [0.3, 0.4) is 0 Å². The summed E-state index contributed by atoms with van der Waals surface area (Å²) in [4.78, 5) is 10.7. The Kier molecular flexibility index (Phi) is 4.02. The molecule has 0 atom stereocenters. The fraction of sp³-hybridized carbons (Fsp3) is 0.357. The smallest absolute Gasteiger partial charge is 0.313 e. The van der Waals surface area contributed by atoms with E-state index in [1.54, 1.807) is 18.7 Å². The summed E-state index contributed by atoms with van der Waals surface area (Å²) < 4.78 is 6.78. The highest BCUT2D eigenvalue weighted by Gasteiger charge is 2.23. The van der Waals surface area contributed by atoms with Gasteiger partial charge in [0.25, 0.3) is 0 Å². The Balaban J connectivity index is 2.31. The van der Waals surface area contributed by atoms with Gasteiger partial charge in [0.15, 0.2) is 0 Å². The molecule has 1 aromatic carbocycles. The van der Waals surface area contributed by atoms with Crippen molar-refractivity contribution in [2.24, 2.45) is 0 Å². The van der Waals surface area contributed by atoms with Crippen molar-refractivity contribution in [1.29, 1.82) is 0 Å². The molecule has 0 bridgehead atoms. The van der Waals surface area contributed by atoms with Crippen LogP contribution >= 0.6 is 0 Å². The average molecular weight is 275 g/mol. The lowest BCUT2D eigenvalue weighted by Gasteiger charge is -2.05. The SMILES string of the molecule is CCc1nn(Cc2ccc(OC)cc2)c(C)c1[N+](=O)[O-]. The highest BCUT2D eigenvalue weighted by Crippen LogP contribution is 2.24. The molecule has 0 radical (unpaired) electrons. The molecule has 0 spiro atoms. The van der Waals surface area contributed by atoms with E-state index in [0.29, 0.717) is 24.4 Å². The second kappa shape index (κ2) is 5.73. The number of aryl methyl sites for hydroxylation is 1. The molecule has 0 fully saturated rings. The van der Waals surface area contributed by atoms with E-state index in [0.717, 1.165) is 11.3 Å². The molecule has 6 nitrogen and oxygen atoms in total. The molecule has 20 heavy (non-hydrogen) atoms. The van der Waals surface area contributed by atoms with Crippen LogP contribution in [0.25, 0.3) is 0 Å². The standard InChI is InChI=1S/C14H17N3O3/c1-4-13-14(17(18)19)10(2)16(15-13)9-11-5-7-12(20-3)8-6-11/h5-8H,4,9H2,1-3H3. The van der Waals surface area contributed by atoms with Gasteiger partial charge in [-0.15, -0.1) is 0 Å². The summed E-state index contributed by atoms with van der Waals surface area (Å²) >= 11 is 0. The van der Waals surface area contributed by atoms with Crippen LogP contribution in [0.15, 0.2) is 24.3 Å². The Morgan fingerprint density at radius 1 is 1.35 bits per heavy atom. The average Bonchev–Trinajstić information content (AvgIpc) is 2.76. The molecule has 2 aromatic rings. The Morgan fingerprint density at radius 2 is 2.00 bits per heavy atom. The van der Waals surface area contributed by atoms with Crippen molar-refractivity contribution in [2.75, 3.05) is 7.11 Å². The van der Waals surface area contributed by atoms with E-state index >= 15 is 0 Å². The van der Waals surface area contributed by atoms with E-state index in [9.17, 15) is 10.1 Å². The Morgan fingerprint density at radius 3 is 2.45 bits per heavy atom. The molecule has 2 rings (SSSR count). The Bertz CT molecular complexity index is 617. The van der Waals surface area contributed by atoms with Crippen molar-refractivity contribution in [3.05, 3.63) is 51.3 Å². The predicted molar refractivity (Wildman–Crippen MR) is 75.1 cm³/mol. The van der Waals surface area contributed by atoms with E-state index < -0.39 is 0 Å². The van der Waals surface area contributed by atoms with E-state index in [2.05, 4.69) is 5.10 Å². The number of hydrogen-bond donors (Lipinski definition) is 0. The third kappa shape index (κ3) is 2.64. The fourth-order valence-electron chi connectivity index (χ4n) is 2.13. The maximum atomic E-state index is 11.1. The minimum absolute atomic E-state index is 0.126. The Labute approximate surface area is 117 Å². The summed E-state index contributed by atoms with van der Waals surface area (Å²) in [7, 11) is 1.61. The zero-order valence-electron chi connectivity index (χ0n) is 11.8. The summed E-state index contributed by atoms with van der Waals surface area (Å²) in [6.07, 6.45) is 0.548. The number of rotatable bonds is 5. The van der Waals surface area contributed by atoms with Crippen molar-refractivity contribution < 1.29 is 9.66 Å². The first kappa shape index (κ1) is 14.0. The first-order chi connectivity index (χ1) is 9.56. The zero-order valence-corrected chi connectivity index (χ0v) is 11.8. The van der Waals surface area contributed by atoms with Gasteiger partial charge in [-0.2, -0.15) is 5.10 Å². The summed E-state index contributed by atoms with van der Waals surface area (Å²) in [5, 5.41) is 15.4. The second-order valence-corrected chi connectivity index (χ2v) is 4.50. The number of methoxy groups -OCH3 is 1. The molecule has 0 unspecified atom stereocenters. The van der Waals surface area contributed by atoms with Crippen LogP contribution in [0.4, 0.5) is 5.69 Å². The van der Waals surface area contributed by atoms with Crippen LogP contribution in [-0.4, -0.2) is 21.8 Å². The van der Waals surface area contributed by atoms with Crippen LogP contribution in [0.1, 0.15) is 23.9 Å². The van der Waals surface area contributed by atoms with E-state index in [1.807, 2.05) is 31.2 Å². The maximum Gasteiger partial charge on any atom is 0.313 e. The first-order valence-electron chi connectivity index (χ1n) is 6.40. The van der Waals surface area contributed by atoms with Gasteiger partial charge < -0.3 is 4.74 Å². The van der Waals surface area contributed by atoms with Crippen molar-refractivity contribution in [3.8, 4) is 5.75 Å². The summed E-state index contributed by atoms with van der Waals surface area (Å²) in [6, 6.07) is 7.58. The summed E-state index contributed by atoms with van der Waals surface area (Å²) in [6.45, 7) is 4.11. The third-order valence-corrected chi connectivity index (χ3v) is 3.25. The molecule has 0 N–H and O–H groups in total. The van der Waals surface area contributed by atoms with Crippen LogP contribution in [0.5, 0.6) is 5.75 Å². The number of nitro groups is 1. The monoisotopic (exact) mass is 275 g/mol. The van der Waals surface area contributed by atoms with Gasteiger partial charge in [0.05, 0.1) is 18.6 Å². The van der Waals surface area contributed by atoms with Gasteiger partial charge in [-0.3, -0.25) is 14.8 Å². The largest absolute Gasteiger partial charge is 0.497 e. The molecule has 0 saturated carbocycles. The normalized spacial score (nSPS) is 10.6. The number of nitrogens with zero attached hydrogens (tertiary/aromatic N) is 3. The van der Waals surface area contributed by atoms with Crippen molar-refractivity contribution in [2.45, 2.75) is 26.8 Å². The third-order valence-electron chi connectivity index (χ3n) is 3.25. The molecular weight excluding hydrogens is 258 g/mol. The van der Waals surface area contributed by atoms with Gasteiger partial charge in [0, 0.05) is 0 Å². The van der Waals surface area contributed by atoms with Gasteiger partial charge in [-0.25, -0.2) is 0 Å². The topological polar surface area (TPSA) is 70.2 Å². The zero-order chi connectivity index (χ0) is 14.7. The molecule has 0 aliphatic heterocycles. The highest BCUT2D eigenvalue weighted by molar-refractivity contribution is 5.41. The van der Waals surface area contributed by atoms with Crippen LogP contribution in [-0.2, 0) is 13.0 Å². The van der Waals surface area contributed by atoms with E-state index in [1.165, 1.54) is 0 Å². The minimum Gasteiger partial charge on any atom is -0.497 e. The molecule has 6 heteroatoms. The van der Waals surface area contributed by atoms with E-state index in [4.69, 9.17) is 4.74 Å². The van der Waals surface area contributed by atoms with Gasteiger partial charge in [0.2, 0.25) is 0 Å². The first-order valence-corrected chi connectivity index (χ1v) is 6.40. The summed E-state index contributed by atoms with van der Waals surface area (Å²) in [5.41, 5.74) is 2.26. The quantitative estimate of drug-likeness (QED) is 0.621. The maximum absolute atomic E-state index is 11.1. The molecule has 0 aliphatic carbocycles. The van der Waals surface area contributed by atoms with E-state index in [-0.39, 0.29) is 10.6 Å². The number of ether oxygens (including phenoxy) is 1. The molecular formula is C14H17N3O3. The fourth-order valence-corrected chi connectivity index (χ4v) is 2.13. The number of aromatic nitrogens is 2. The van der Waals surface area contributed by atoms with Crippen molar-refractivity contribution in [1.82, 2.24) is 9.78 Å². The van der Waals surface area contributed by atoms with Crippen molar-refractivity contribution >= 4 is 5.69 Å². The Hall–Kier alpha value is -2.37. The second-order valence-electron chi connectivity index (χ2n) is 4.50. The van der Waals surface area contributed by atoms with Gasteiger partial charge in [-0.1, -0.05) is 19.1 Å². The predicted octanol–water partition coefficient (Wildman–Crippen LogP) is 2.72. The van der Waals surface area contributed by atoms with Crippen LogP contribution in [0, 0.1) is 17.0 Å². The lowest BCUT2D eigenvalue weighted by molar-refractivity contribution is -0.386. The lowest BCUT2D eigenvalue weighted by atomic mass is 10.2.